The number of rotatable bonds is 1. The van der Waals surface area contributed by atoms with E-state index in [1.807, 2.05) is 11.3 Å². The van der Waals surface area contributed by atoms with Gasteiger partial charge < -0.3 is 9.38 Å². The van der Waals surface area contributed by atoms with Gasteiger partial charge >= 0.3 is 6.85 Å². The minimum absolute atomic E-state index is 0.00252. The van der Waals surface area contributed by atoms with Crippen LogP contribution in [0.1, 0.15) is 154 Å². The normalized spacial score (nSPS) is 16.9. The highest BCUT2D eigenvalue weighted by atomic mass is 32.1. The molecule has 0 radical (unpaired) electrons. The zero-order chi connectivity index (χ0) is 48.4. The fourth-order valence-corrected chi connectivity index (χ4v) is 14.9. The van der Waals surface area contributed by atoms with Crippen LogP contribution < -0.4 is 15.1 Å². The number of benzene rings is 7. The molecule has 4 heterocycles. The van der Waals surface area contributed by atoms with Gasteiger partial charge in [0.05, 0.1) is 16.7 Å². The van der Waals surface area contributed by atoms with Crippen LogP contribution in [0.4, 0.5) is 11.4 Å². The van der Waals surface area contributed by atoms with Gasteiger partial charge in [-0.25, -0.2) is 0 Å². The lowest BCUT2D eigenvalue weighted by molar-refractivity contribution is 0.521. The molecule has 344 valence electrons. The number of thiophene rings is 1. The molecule has 2 aliphatic carbocycles. The fourth-order valence-electron chi connectivity index (χ4n) is 13.6. The van der Waals surface area contributed by atoms with Crippen LogP contribution in [0.15, 0.2) is 121 Å². The van der Waals surface area contributed by atoms with Gasteiger partial charge in [0.2, 0.25) is 0 Å². The second-order valence-electron chi connectivity index (χ2n) is 25.8. The summed E-state index contributed by atoms with van der Waals surface area (Å²) >= 11 is 2.02. The third kappa shape index (κ3) is 5.51. The third-order valence-electron chi connectivity index (χ3n) is 17.5. The Hall–Kier alpha value is -5.84. The Morgan fingerprint density at radius 3 is 1.67 bits per heavy atom. The first-order valence-electron chi connectivity index (χ1n) is 25.5. The minimum atomic E-state index is -0.264. The highest BCUT2D eigenvalue weighted by Gasteiger charge is 2.52. The lowest BCUT2D eigenvalue weighted by atomic mass is 9.46. The van der Waals surface area contributed by atoms with Gasteiger partial charge in [-0.1, -0.05) is 177 Å². The molecule has 69 heavy (non-hydrogen) atoms. The molecule has 2 aliphatic heterocycles. The molecular formula is C65H65BN2S. The van der Waals surface area contributed by atoms with Crippen LogP contribution in [0.25, 0.3) is 59.8 Å². The highest BCUT2D eigenvalue weighted by Crippen LogP contribution is 2.61. The van der Waals surface area contributed by atoms with Crippen LogP contribution in [0.3, 0.4) is 0 Å². The molecule has 13 rings (SSSR count). The average molecular weight is 917 g/mol. The Morgan fingerprint density at radius 1 is 0.493 bits per heavy atom. The standard InChI is InChI=1S/C65H65BN2S/c1-60(2,3)36-24-28-39(29-25-36)68-50-35-48-47(63(10,11)45-22-18-19-23-46(45)64(48,12)13)34-42(50)54-55-52(40-20-16-17-21-44(40)65(55,14)15)53-41-32-37(61(4,5)6)26-30-49(41)67-57-43-33-38(62(7,8)9)27-31-51(43)69-59(57)66(68)56(54)58(53)67/h16-35H,1-15H3. The molecule has 0 N–H and O–H groups in total. The molecule has 7 aromatic carbocycles. The van der Waals surface area contributed by atoms with E-state index in [1.165, 1.54) is 132 Å². The Balaban J connectivity index is 1.29. The summed E-state index contributed by atoms with van der Waals surface area (Å²) in [5.41, 5.74) is 25.7. The maximum absolute atomic E-state index is 2.80. The van der Waals surface area contributed by atoms with Crippen molar-refractivity contribution < 1.29 is 0 Å². The molecular weight excluding hydrogens is 852 g/mol. The molecule has 0 unspecified atom stereocenters. The topological polar surface area (TPSA) is 8.17 Å². The van der Waals surface area contributed by atoms with Crippen molar-refractivity contribution in [1.29, 1.82) is 0 Å². The van der Waals surface area contributed by atoms with E-state index in [0.717, 1.165) is 0 Å². The summed E-state index contributed by atoms with van der Waals surface area (Å²) < 4.78 is 5.53. The van der Waals surface area contributed by atoms with E-state index in [2.05, 4.69) is 235 Å². The fraction of sp³-hybridized carbons (Fsp3) is 0.323. The summed E-state index contributed by atoms with van der Waals surface area (Å²) in [6, 6.07) is 48.5. The van der Waals surface area contributed by atoms with Gasteiger partial charge in [-0.15, -0.1) is 11.3 Å². The molecule has 0 spiro atoms. The number of anilines is 2. The quantitative estimate of drug-likeness (QED) is 0.149. The molecule has 0 amide bonds. The lowest BCUT2D eigenvalue weighted by Crippen LogP contribution is -2.60. The maximum atomic E-state index is 2.80. The Bertz CT molecular complexity index is 3750. The molecule has 4 aliphatic rings. The van der Waals surface area contributed by atoms with E-state index >= 15 is 0 Å². The van der Waals surface area contributed by atoms with Crippen LogP contribution in [-0.2, 0) is 32.5 Å². The van der Waals surface area contributed by atoms with Crippen LogP contribution >= 0.6 is 11.3 Å². The van der Waals surface area contributed by atoms with Crippen molar-refractivity contribution in [2.24, 2.45) is 0 Å². The summed E-state index contributed by atoms with van der Waals surface area (Å²) in [5, 5.41) is 4.12. The van der Waals surface area contributed by atoms with Crippen molar-refractivity contribution in [3.8, 4) is 27.9 Å². The van der Waals surface area contributed by atoms with E-state index in [1.54, 1.807) is 0 Å². The molecule has 0 saturated carbocycles. The predicted molar refractivity (Wildman–Crippen MR) is 300 cm³/mol. The first-order chi connectivity index (χ1) is 32.4. The van der Waals surface area contributed by atoms with Gasteiger partial charge in [0, 0.05) is 58.8 Å². The average Bonchev–Trinajstić information content (AvgIpc) is 3.92. The van der Waals surface area contributed by atoms with Crippen molar-refractivity contribution >= 4 is 71.7 Å². The van der Waals surface area contributed by atoms with Gasteiger partial charge in [0.15, 0.2) is 0 Å². The lowest BCUT2D eigenvalue weighted by Gasteiger charge is -2.47. The number of hydrogen-bond acceptors (Lipinski definition) is 2. The molecule has 0 atom stereocenters. The van der Waals surface area contributed by atoms with Crippen molar-refractivity contribution in [2.75, 3.05) is 4.81 Å². The van der Waals surface area contributed by atoms with Crippen molar-refractivity contribution in [3.63, 3.8) is 0 Å². The molecule has 2 aromatic heterocycles. The van der Waals surface area contributed by atoms with Crippen LogP contribution in [0.2, 0.25) is 0 Å². The Morgan fingerprint density at radius 2 is 1.04 bits per heavy atom. The van der Waals surface area contributed by atoms with Crippen LogP contribution in [0.5, 0.6) is 0 Å². The Kier molecular flexibility index (Phi) is 8.34. The zero-order valence-corrected chi connectivity index (χ0v) is 44.2. The van der Waals surface area contributed by atoms with E-state index in [4.69, 9.17) is 0 Å². The monoisotopic (exact) mass is 916 g/mol. The summed E-state index contributed by atoms with van der Waals surface area (Å²) in [5.74, 6) is 0. The Labute approximate surface area is 414 Å². The molecule has 2 nitrogen and oxygen atoms in total. The largest absolute Gasteiger partial charge is 0.376 e. The van der Waals surface area contributed by atoms with E-state index in [-0.39, 0.29) is 39.3 Å². The van der Waals surface area contributed by atoms with E-state index < -0.39 is 0 Å². The summed E-state index contributed by atoms with van der Waals surface area (Å²) in [6.07, 6.45) is 0. The smallest absolute Gasteiger partial charge is 0.343 e. The third-order valence-corrected chi connectivity index (χ3v) is 18.7. The van der Waals surface area contributed by atoms with Crippen molar-refractivity contribution in [3.05, 3.63) is 171 Å². The minimum Gasteiger partial charge on any atom is -0.376 e. The molecule has 0 bridgehead atoms. The molecule has 0 fully saturated rings. The van der Waals surface area contributed by atoms with Gasteiger partial charge in [0.1, 0.15) is 0 Å². The summed E-state index contributed by atoms with van der Waals surface area (Å²) in [4.78, 5) is 2.80. The second-order valence-corrected chi connectivity index (χ2v) is 26.9. The van der Waals surface area contributed by atoms with Gasteiger partial charge in [-0.3, -0.25) is 0 Å². The van der Waals surface area contributed by atoms with Gasteiger partial charge in [0.25, 0.3) is 0 Å². The van der Waals surface area contributed by atoms with Gasteiger partial charge in [-0.2, -0.15) is 0 Å². The van der Waals surface area contributed by atoms with E-state index in [9.17, 15) is 0 Å². The summed E-state index contributed by atoms with van der Waals surface area (Å²) in [6.45, 7) is 36.0. The maximum Gasteiger partial charge on any atom is 0.343 e. The van der Waals surface area contributed by atoms with Crippen LogP contribution in [0, 0.1) is 0 Å². The molecule has 4 heteroatoms. The number of nitrogens with zero attached hydrogens (tertiary/aromatic N) is 2. The number of hydrogen-bond donors (Lipinski definition) is 0. The highest BCUT2D eigenvalue weighted by molar-refractivity contribution is 7.32. The van der Waals surface area contributed by atoms with Crippen molar-refractivity contribution in [1.82, 2.24) is 4.57 Å². The molecule has 0 saturated heterocycles. The van der Waals surface area contributed by atoms with E-state index in [0.29, 0.717) is 0 Å². The predicted octanol–water partition coefficient (Wildman–Crippen LogP) is 16.4. The number of fused-ring (bicyclic) bond motifs is 17. The van der Waals surface area contributed by atoms with Gasteiger partial charge in [-0.05, 0) is 137 Å². The molecule has 9 aromatic rings. The first kappa shape index (κ1) is 43.2. The second kappa shape index (κ2) is 13.3. The first-order valence-corrected chi connectivity index (χ1v) is 26.3. The van der Waals surface area contributed by atoms with Crippen LogP contribution in [-0.4, -0.2) is 11.4 Å². The van der Waals surface area contributed by atoms with Crippen molar-refractivity contribution in [2.45, 2.75) is 136 Å². The SMILES string of the molecule is CC(C)(C)c1ccc(N2B3c4sc5ccc(C(C)(C)C)cc5c4-n4c5ccc(C(C)(C)C)cc5c5c6c(c(c3c54)-c3cc4c(cc32)C(C)(C)c2ccccc2C4(C)C)C(C)(C)c2ccccc2-6)cc1. The summed E-state index contributed by atoms with van der Waals surface area (Å²) in [7, 11) is 0. The zero-order valence-electron chi connectivity index (χ0n) is 43.4. The number of aromatic nitrogens is 1.